The number of ketones is 2. The van der Waals surface area contributed by atoms with Crippen molar-refractivity contribution in [1.29, 1.82) is 0 Å². The number of hydrogen-bond donors (Lipinski definition) is 9. The number of carbonyl (C=O) groups excluding carboxylic acids is 9. The molecule has 7 atom stereocenters. The van der Waals surface area contributed by atoms with Crippen LogP contribution in [-0.2, 0) is 97.8 Å². The molecule has 9 N–H and O–H groups in total. The van der Waals surface area contributed by atoms with Crippen molar-refractivity contribution >= 4 is 52.9 Å². The highest BCUT2D eigenvalue weighted by atomic mass is 16.5. The molecule has 1 aliphatic rings. The third-order valence-corrected chi connectivity index (χ3v) is 13.7. The largest absolute Gasteiger partial charge is 0.379 e. The molecular weight excluding hydrogens is 1150 g/mol. The predicted molar refractivity (Wildman–Crippen MR) is 315 cm³/mol. The van der Waals surface area contributed by atoms with E-state index in [-0.39, 0.29) is 138 Å². The quantitative estimate of drug-likeness (QED) is 0.0268. The first kappa shape index (κ1) is 75.5. The molecule has 7 amide bonds. The SMILES string of the molecule is CC(=O)[C@H](C)NC(=O)[C@@H](NC(=O)CCOCCOCCOCCn1cc(CNC(=O)CC[C@H](NC(=O)CCCCCN2C(O)C=CC2O)C(=O)NCc2cn(CCOCCOCCOCCC(=O)N[C@H](C(=O)N[C@@H](C)C(C)=O)C(C)C)nn2)nn1)C(C)C. The van der Waals surface area contributed by atoms with Gasteiger partial charge in [0.1, 0.15) is 42.0 Å². The molecule has 0 saturated heterocycles. The van der Waals surface area contributed by atoms with Crippen LogP contribution in [0.1, 0.15) is 118 Å². The standard InChI is InChI=1S/C57H96N14O17/c1-38(2)53(56(81)60-40(5)42(7)72)63-49(76)17-22-83-26-30-87-32-28-85-24-20-69-36-44(65-67-69)34-58-47(74)14-13-46(62-48(75)12-10-9-11-19-71-51(78)15-16-52(71)79)55(80)59-35-45-37-70(68-66-45)21-25-86-29-33-88-31-27-84-23-18-50(77)64-54(39(3)4)57(82)61-41(6)43(8)73/h15-16,36-41,46,51-54,78-79H,9-14,17-35H2,1-8H3,(H,58,74)(H,59,80)(H,60,81)(H,61,82)(H,62,75)(H,63,76)(H,64,77)/t40-,41-,46-,51?,52?,53-,54-/m0/s1. The average molecular weight is 1250 g/mol. The zero-order chi connectivity index (χ0) is 64.8. The summed E-state index contributed by atoms with van der Waals surface area (Å²) in [4.78, 5) is 114. The van der Waals surface area contributed by atoms with Gasteiger partial charge in [-0.1, -0.05) is 44.5 Å². The van der Waals surface area contributed by atoms with Crippen molar-refractivity contribution < 1.29 is 81.8 Å². The Balaban J connectivity index is 1.32. The van der Waals surface area contributed by atoms with Crippen LogP contribution in [0.5, 0.6) is 0 Å². The number of rotatable bonds is 49. The second-order valence-electron chi connectivity index (χ2n) is 21.8. The lowest BCUT2D eigenvalue weighted by Crippen LogP contribution is -2.52. The molecule has 3 heterocycles. The third kappa shape index (κ3) is 32.0. The highest BCUT2D eigenvalue weighted by Crippen LogP contribution is 2.15. The van der Waals surface area contributed by atoms with Gasteiger partial charge in [-0.25, -0.2) is 14.3 Å². The molecule has 2 unspecified atom stereocenters. The molecule has 1 aliphatic heterocycles. The lowest BCUT2D eigenvalue weighted by atomic mass is 10.0. The lowest BCUT2D eigenvalue weighted by Gasteiger charge is -2.23. The molecular formula is C57H96N14O17. The van der Waals surface area contributed by atoms with E-state index < -0.39 is 60.4 Å². The molecule has 88 heavy (non-hydrogen) atoms. The summed E-state index contributed by atoms with van der Waals surface area (Å²) in [5.74, 6) is -3.58. The van der Waals surface area contributed by atoms with Gasteiger partial charge in [-0.15, -0.1) is 10.2 Å². The number of Topliss-reactive ketones (excluding diaryl/α,β-unsaturated/α-hetero) is 2. The van der Waals surface area contributed by atoms with Gasteiger partial charge in [-0.2, -0.15) is 0 Å². The monoisotopic (exact) mass is 1250 g/mol. The summed E-state index contributed by atoms with van der Waals surface area (Å²) in [6.07, 6.45) is 6.40. The first-order valence-electron chi connectivity index (χ1n) is 30.1. The normalized spacial score (nSPS) is 15.7. The van der Waals surface area contributed by atoms with Crippen molar-refractivity contribution in [3.63, 3.8) is 0 Å². The van der Waals surface area contributed by atoms with E-state index in [0.717, 1.165) is 0 Å². The topological polar surface area (TPSA) is 398 Å². The smallest absolute Gasteiger partial charge is 0.243 e. The van der Waals surface area contributed by atoms with E-state index in [4.69, 9.17) is 28.4 Å². The van der Waals surface area contributed by atoms with Gasteiger partial charge in [0.25, 0.3) is 0 Å². The molecule has 0 spiro atoms. The van der Waals surface area contributed by atoms with Gasteiger partial charge in [0.05, 0.1) is 130 Å². The maximum Gasteiger partial charge on any atom is 0.243 e. The van der Waals surface area contributed by atoms with Crippen molar-refractivity contribution in [2.24, 2.45) is 11.8 Å². The van der Waals surface area contributed by atoms with Crippen molar-refractivity contribution in [2.45, 2.75) is 176 Å². The molecule has 0 saturated carbocycles. The first-order valence-corrected chi connectivity index (χ1v) is 30.1. The molecule has 31 nitrogen and oxygen atoms in total. The van der Waals surface area contributed by atoms with E-state index >= 15 is 0 Å². The van der Waals surface area contributed by atoms with E-state index in [1.165, 1.54) is 30.9 Å². The highest BCUT2D eigenvalue weighted by molar-refractivity contribution is 5.93. The minimum Gasteiger partial charge on any atom is -0.379 e. The van der Waals surface area contributed by atoms with E-state index in [2.05, 4.69) is 57.8 Å². The number of aliphatic hydroxyl groups is 2. The Hall–Kier alpha value is -6.71. The number of aromatic nitrogens is 6. The highest BCUT2D eigenvalue weighted by Gasteiger charge is 2.29. The molecule has 0 fully saturated rings. The van der Waals surface area contributed by atoms with Crippen LogP contribution in [0.4, 0.5) is 0 Å². The maximum absolute atomic E-state index is 13.6. The van der Waals surface area contributed by atoms with Crippen molar-refractivity contribution in [3.8, 4) is 0 Å². The van der Waals surface area contributed by atoms with Gasteiger partial charge in [0.2, 0.25) is 41.4 Å². The van der Waals surface area contributed by atoms with E-state index in [1.54, 1.807) is 63.3 Å². The minimum absolute atomic E-state index is 0.00995. The second kappa shape index (κ2) is 43.0. The van der Waals surface area contributed by atoms with Crippen LogP contribution < -0.4 is 37.2 Å². The van der Waals surface area contributed by atoms with E-state index in [1.807, 2.05) is 0 Å². The lowest BCUT2D eigenvalue weighted by molar-refractivity contribution is -0.132. The van der Waals surface area contributed by atoms with Gasteiger partial charge in [-0.3, -0.25) is 43.2 Å². The number of carbonyl (C=O) groups is 9. The number of amides is 7. The fourth-order valence-corrected chi connectivity index (χ4v) is 8.14. The Kier molecular flexibility index (Phi) is 36.9. The number of unbranched alkanes of at least 4 members (excludes halogenated alkanes) is 2. The first-order chi connectivity index (χ1) is 42.0. The van der Waals surface area contributed by atoms with E-state index in [9.17, 15) is 53.4 Å². The fraction of sp³-hybridized carbons (Fsp3) is 0.737. The summed E-state index contributed by atoms with van der Waals surface area (Å²) >= 11 is 0. The van der Waals surface area contributed by atoms with Crippen LogP contribution in [0.2, 0.25) is 0 Å². The van der Waals surface area contributed by atoms with Gasteiger partial charge in [0.15, 0.2) is 11.6 Å². The van der Waals surface area contributed by atoms with Crippen LogP contribution >= 0.6 is 0 Å². The number of hydrogen-bond acceptors (Lipinski definition) is 22. The summed E-state index contributed by atoms with van der Waals surface area (Å²) in [6, 6.07) is -3.93. The number of nitrogens with one attached hydrogen (secondary N) is 7. The van der Waals surface area contributed by atoms with Crippen LogP contribution in [0.25, 0.3) is 0 Å². The average Bonchev–Trinajstić information content (AvgIpc) is 4.11. The van der Waals surface area contributed by atoms with Gasteiger partial charge >= 0.3 is 0 Å². The minimum atomic E-state index is -1.06. The molecule has 496 valence electrons. The maximum atomic E-state index is 13.6. The Labute approximate surface area is 514 Å². The van der Waals surface area contributed by atoms with Crippen molar-refractivity contribution in [3.05, 3.63) is 35.9 Å². The Bertz CT molecular complexity index is 2460. The van der Waals surface area contributed by atoms with Gasteiger partial charge in [-0.05, 0) is 70.9 Å². The molecule has 0 aromatic carbocycles. The molecule has 2 aromatic rings. The molecule has 0 radical (unpaired) electrons. The zero-order valence-electron chi connectivity index (χ0n) is 52.3. The molecule has 0 aliphatic carbocycles. The third-order valence-electron chi connectivity index (χ3n) is 13.7. The summed E-state index contributed by atoms with van der Waals surface area (Å²) in [7, 11) is 0. The fourth-order valence-electron chi connectivity index (χ4n) is 8.14. The van der Waals surface area contributed by atoms with Crippen molar-refractivity contribution in [1.82, 2.24) is 72.1 Å². The van der Waals surface area contributed by atoms with Crippen LogP contribution in [-0.4, -0.2) is 227 Å². The van der Waals surface area contributed by atoms with Gasteiger partial charge in [0, 0.05) is 32.2 Å². The Morgan fingerprint density at radius 1 is 0.466 bits per heavy atom. The summed E-state index contributed by atoms with van der Waals surface area (Å²) < 4.78 is 36.5. The van der Waals surface area contributed by atoms with Crippen LogP contribution in [0, 0.1) is 11.8 Å². The summed E-state index contributed by atoms with van der Waals surface area (Å²) in [5.41, 5.74) is 0.930. The second-order valence-corrected chi connectivity index (χ2v) is 21.8. The Morgan fingerprint density at radius 2 is 0.875 bits per heavy atom. The van der Waals surface area contributed by atoms with E-state index in [0.29, 0.717) is 83.3 Å². The predicted octanol–water partition coefficient (Wildman–Crippen LogP) is -1.52. The molecule has 0 bridgehead atoms. The number of aliphatic hydroxyl groups excluding tert-OH is 2. The summed E-state index contributed by atoms with van der Waals surface area (Å²) in [5, 5.41) is 55.4. The number of ether oxygens (including phenoxy) is 6. The van der Waals surface area contributed by atoms with Crippen LogP contribution in [0.3, 0.4) is 0 Å². The summed E-state index contributed by atoms with van der Waals surface area (Å²) in [6.45, 7) is 17.4. The molecule has 2 aromatic heterocycles. The number of nitrogens with zero attached hydrogens (tertiary/aromatic N) is 7. The van der Waals surface area contributed by atoms with Crippen LogP contribution in [0.15, 0.2) is 24.5 Å². The molecule has 31 heteroatoms. The zero-order valence-corrected chi connectivity index (χ0v) is 52.3. The molecule has 3 rings (SSSR count). The van der Waals surface area contributed by atoms with Gasteiger partial charge < -0.3 is 75.9 Å². The van der Waals surface area contributed by atoms with Crippen molar-refractivity contribution in [2.75, 3.05) is 85.8 Å². The Morgan fingerprint density at radius 3 is 1.31 bits per heavy atom.